The molecule has 2 saturated heterocycles. The van der Waals surface area contributed by atoms with Crippen LogP contribution in [-0.2, 0) is 41.5 Å². The maximum absolute atomic E-state index is 12.4. The van der Waals surface area contributed by atoms with Gasteiger partial charge in [-0.2, -0.15) is 4.31 Å². The minimum absolute atomic E-state index is 0.0506. The summed E-state index contributed by atoms with van der Waals surface area (Å²) in [6.07, 6.45) is -10.1. The maximum Gasteiger partial charge on any atom is 0.481 e. The van der Waals surface area contributed by atoms with Gasteiger partial charge in [0.15, 0.2) is 30.1 Å². The molecule has 20 nitrogen and oxygen atoms in total. The summed E-state index contributed by atoms with van der Waals surface area (Å²) in [5.41, 5.74) is 6.09. The first-order valence-electron chi connectivity index (χ1n) is 11.9. The SMILES string of the molecule is CC(C)C(=O)O[C@H]1[C@H](COP(=O)(O)OP(=O)(O)OC[C@H]2O[C@@H](n3cnc4c(N)ncnc43)[C@H](O)[C@@H]2O)OC(O)[C@H]1O. The fraction of sp³-hybridized carbons (Fsp3) is 0.684. The topological polar surface area (TPSA) is 298 Å². The van der Waals surface area contributed by atoms with Crippen molar-refractivity contribution < 1.29 is 71.7 Å². The monoisotopic (exact) mass is 629 g/mol. The minimum atomic E-state index is -5.37. The van der Waals surface area contributed by atoms with Gasteiger partial charge < -0.3 is 50.2 Å². The van der Waals surface area contributed by atoms with E-state index < -0.39 is 89.9 Å². The summed E-state index contributed by atoms with van der Waals surface area (Å²) in [6.45, 7) is 1.18. The van der Waals surface area contributed by atoms with E-state index in [0.717, 1.165) is 6.33 Å². The number of aliphatic hydroxyl groups excluding tert-OH is 4. The molecule has 2 aromatic heterocycles. The second kappa shape index (κ2) is 12.2. The first-order valence-corrected chi connectivity index (χ1v) is 14.9. The molecule has 2 aliphatic heterocycles. The number of nitrogen functional groups attached to an aromatic ring is 1. The molecule has 10 atom stereocenters. The average Bonchev–Trinajstić information content (AvgIpc) is 3.52. The number of aliphatic hydroxyl groups is 4. The predicted octanol–water partition coefficient (Wildman–Crippen LogP) is -2.08. The normalized spacial score (nSPS) is 33.2. The summed E-state index contributed by atoms with van der Waals surface area (Å²) >= 11 is 0. The number of imidazole rings is 1. The van der Waals surface area contributed by atoms with Gasteiger partial charge in [0.05, 0.1) is 25.5 Å². The molecule has 0 radical (unpaired) electrons. The van der Waals surface area contributed by atoms with Crippen molar-refractivity contribution >= 4 is 38.6 Å². The first-order chi connectivity index (χ1) is 19.1. The molecule has 22 heteroatoms. The van der Waals surface area contributed by atoms with Crippen molar-refractivity contribution in [2.45, 2.75) is 63.0 Å². The zero-order valence-corrected chi connectivity index (χ0v) is 23.2. The van der Waals surface area contributed by atoms with Gasteiger partial charge in [0.2, 0.25) is 0 Å². The van der Waals surface area contributed by atoms with E-state index in [2.05, 4.69) is 28.3 Å². The maximum atomic E-state index is 12.4. The number of esters is 1. The summed E-state index contributed by atoms with van der Waals surface area (Å²) in [7, 11) is -10.7. The van der Waals surface area contributed by atoms with E-state index in [0.29, 0.717) is 0 Å². The smallest absolute Gasteiger partial charge is 0.456 e. The summed E-state index contributed by atoms with van der Waals surface area (Å²) in [5.74, 6) is -1.33. The number of nitrogens with zero attached hydrogens (tertiary/aromatic N) is 4. The fourth-order valence-corrected chi connectivity index (χ4v) is 6.03. The third-order valence-electron chi connectivity index (χ3n) is 6.04. The average molecular weight is 629 g/mol. The van der Waals surface area contributed by atoms with Crippen LogP contribution in [0, 0.1) is 5.92 Å². The second-order valence-corrected chi connectivity index (χ2v) is 12.4. The highest BCUT2D eigenvalue weighted by atomic mass is 31.3. The van der Waals surface area contributed by atoms with Gasteiger partial charge in [0.25, 0.3) is 0 Å². The molecule has 230 valence electrons. The number of fused-ring (bicyclic) bond motifs is 1. The molecule has 0 spiro atoms. The summed E-state index contributed by atoms with van der Waals surface area (Å²) < 4.78 is 55.0. The predicted molar refractivity (Wildman–Crippen MR) is 130 cm³/mol. The molecular weight excluding hydrogens is 600 g/mol. The zero-order chi connectivity index (χ0) is 30.3. The number of phosphoric acid groups is 2. The molecular formula is C19H29N5O15P2. The van der Waals surface area contributed by atoms with E-state index in [1.807, 2.05) is 0 Å². The van der Waals surface area contributed by atoms with Crippen LogP contribution in [0.1, 0.15) is 20.1 Å². The second-order valence-electron chi connectivity index (χ2n) is 9.35. The van der Waals surface area contributed by atoms with Crippen molar-refractivity contribution in [2.24, 2.45) is 5.92 Å². The molecule has 4 heterocycles. The van der Waals surface area contributed by atoms with Crippen molar-refractivity contribution in [2.75, 3.05) is 18.9 Å². The number of nitrogens with two attached hydrogens (primary N) is 1. The molecule has 4 rings (SSSR count). The van der Waals surface area contributed by atoms with Crippen LogP contribution >= 0.6 is 15.6 Å². The largest absolute Gasteiger partial charge is 0.481 e. The van der Waals surface area contributed by atoms with Crippen LogP contribution in [0.3, 0.4) is 0 Å². The third-order valence-corrected chi connectivity index (χ3v) is 8.64. The van der Waals surface area contributed by atoms with Gasteiger partial charge in [-0.05, 0) is 0 Å². The van der Waals surface area contributed by atoms with Crippen molar-refractivity contribution in [3.8, 4) is 0 Å². The molecule has 2 fully saturated rings. The lowest BCUT2D eigenvalue weighted by atomic mass is 10.1. The number of phosphoric ester groups is 2. The number of carbonyl (C=O) groups is 1. The Labute approximate surface area is 230 Å². The summed E-state index contributed by atoms with van der Waals surface area (Å²) in [5, 5.41) is 40.5. The van der Waals surface area contributed by atoms with Crippen molar-refractivity contribution in [3.63, 3.8) is 0 Å². The van der Waals surface area contributed by atoms with Crippen molar-refractivity contribution in [3.05, 3.63) is 12.7 Å². The van der Waals surface area contributed by atoms with E-state index in [4.69, 9.17) is 19.9 Å². The first kappa shape index (κ1) is 31.8. The Balaban J connectivity index is 1.33. The molecule has 0 amide bonds. The van der Waals surface area contributed by atoms with E-state index in [9.17, 15) is 44.1 Å². The molecule has 0 saturated carbocycles. The van der Waals surface area contributed by atoms with Crippen LogP contribution in [0.2, 0.25) is 0 Å². The van der Waals surface area contributed by atoms with Gasteiger partial charge >= 0.3 is 21.6 Å². The Bertz CT molecular complexity index is 1350. The van der Waals surface area contributed by atoms with E-state index >= 15 is 0 Å². The molecule has 0 aromatic carbocycles. The molecule has 0 bridgehead atoms. The Hall–Kier alpha value is -2.16. The minimum Gasteiger partial charge on any atom is -0.456 e. The van der Waals surface area contributed by atoms with E-state index in [-0.39, 0.29) is 17.0 Å². The quantitative estimate of drug-likeness (QED) is 0.104. The van der Waals surface area contributed by atoms with Crippen LogP contribution in [0.4, 0.5) is 5.82 Å². The Kier molecular flexibility index (Phi) is 9.46. The summed E-state index contributed by atoms with van der Waals surface area (Å²) in [4.78, 5) is 43.6. The van der Waals surface area contributed by atoms with Gasteiger partial charge in [-0.1, -0.05) is 13.8 Å². The van der Waals surface area contributed by atoms with Crippen LogP contribution in [0.15, 0.2) is 12.7 Å². The van der Waals surface area contributed by atoms with E-state index in [1.54, 1.807) is 0 Å². The Morgan fingerprint density at radius 1 is 1.00 bits per heavy atom. The third kappa shape index (κ3) is 7.08. The zero-order valence-electron chi connectivity index (χ0n) is 21.4. The molecule has 2 aromatic rings. The number of hydrogen-bond donors (Lipinski definition) is 7. The Morgan fingerprint density at radius 3 is 2.27 bits per heavy atom. The van der Waals surface area contributed by atoms with Gasteiger partial charge in [-0.3, -0.25) is 18.4 Å². The lowest BCUT2D eigenvalue weighted by Crippen LogP contribution is -2.39. The highest BCUT2D eigenvalue weighted by Crippen LogP contribution is 2.60. The van der Waals surface area contributed by atoms with Crippen LogP contribution in [0.5, 0.6) is 0 Å². The van der Waals surface area contributed by atoms with Crippen LogP contribution in [0.25, 0.3) is 11.2 Å². The molecule has 2 aliphatic rings. The molecule has 41 heavy (non-hydrogen) atoms. The highest BCUT2D eigenvalue weighted by molar-refractivity contribution is 7.61. The van der Waals surface area contributed by atoms with Crippen LogP contribution in [-0.4, -0.2) is 112 Å². The number of hydrogen-bond acceptors (Lipinski definition) is 17. The number of carbonyl (C=O) groups excluding carboxylic acids is 1. The van der Waals surface area contributed by atoms with Crippen LogP contribution < -0.4 is 5.73 Å². The Morgan fingerprint density at radius 2 is 1.63 bits per heavy atom. The van der Waals surface area contributed by atoms with Gasteiger partial charge in [-0.15, -0.1) is 0 Å². The number of ether oxygens (including phenoxy) is 3. The fourth-order valence-electron chi connectivity index (χ4n) is 3.93. The number of aromatic nitrogens is 4. The lowest BCUT2D eigenvalue weighted by Gasteiger charge is -2.23. The van der Waals surface area contributed by atoms with Crippen molar-refractivity contribution in [1.82, 2.24) is 19.5 Å². The van der Waals surface area contributed by atoms with Gasteiger partial charge in [-0.25, -0.2) is 24.1 Å². The van der Waals surface area contributed by atoms with Crippen molar-refractivity contribution in [1.29, 1.82) is 0 Å². The number of anilines is 1. The molecule has 8 N–H and O–H groups in total. The summed E-state index contributed by atoms with van der Waals surface area (Å²) in [6, 6.07) is 0. The highest BCUT2D eigenvalue weighted by Gasteiger charge is 2.49. The lowest BCUT2D eigenvalue weighted by molar-refractivity contribution is -0.160. The molecule has 3 unspecified atom stereocenters. The van der Waals surface area contributed by atoms with Gasteiger partial charge in [0.1, 0.15) is 42.4 Å². The van der Waals surface area contributed by atoms with E-state index in [1.165, 1.54) is 24.7 Å². The molecule has 0 aliphatic carbocycles. The van der Waals surface area contributed by atoms with Gasteiger partial charge in [0, 0.05) is 0 Å². The number of rotatable bonds is 11. The standard InChI is InChI=1S/C19H29N5O15P2/c1-7(2)18(28)38-14-9(37-19(29)13(14)27)4-35-41(32,33)39-40(30,31)34-3-8-11(25)12(26)17(36-8)24-6-23-10-15(20)21-5-22-16(10)24/h5-9,11-14,17,19,25-27,29H,3-4H2,1-2H3,(H,30,31)(H,32,33)(H2,20,21,22)/t8-,9+,11-,12-,13+,14+,17-,19?/m1/s1.